The summed E-state index contributed by atoms with van der Waals surface area (Å²) in [4.78, 5) is 4.74. The minimum absolute atomic E-state index is 0.340. The smallest absolute Gasteiger partial charge is 0.0431 e. The molecule has 0 bridgehead atoms. The van der Waals surface area contributed by atoms with E-state index in [-0.39, 0.29) is 0 Å². The van der Waals surface area contributed by atoms with Crippen LogP contribution in [0.15, 0.2) is 0 Å². The fourth-order valence-corrected chi connectivity index (χ4v) is 1.66. The van der Waals surface area contributed by atoms with Gasteiger partial charge in [0, 0.05) is 6.61 Å². The summed E-state index contributed by atoms with van der Waals surface area (Å²) < 4.78 is 0. The van der Waals surface area contributed by atoms with Crippen LogP contribution in [0.2, 0.25) is 0 Å². The van der Waals surface area contributed by atoms with Gasteiger partial charge in [0.2, 0.25) is 0 Å². The number of hydrogen-bond donors (Lipinski definition) is 1. The second kappa shape index (κ2) is 10.4. The van der Waals surface area contributed by atoms with E-state index in [9.17, 15) is 0 Å². The molecule has 15 heavy (non-hydrogen) atoms. The topological polar surface area (TPSA) is 26.7 Å². The van der Waals surface area contributed by atoms with Crippen molar-refractivity contribution < 1.29 is 5.11 Å². The van der Waals surface area contributed by atoms with E-state index in [4.69, 9.17) is 5.11 Å². The van der Waals surface area contributed by atoms with Crippen molar-refractivity contribution in [2.45, 2.75) is 32.6 Å². The Morgan fingerprint density at radius 3 is 2.07 bits per heavy atom. The first kappa shape index (κ1) is 14.9. The predicted molar refractivity (Wildman–Crippen MR) is 66.2 cm³/mol. The van der Waals surface area contributed by atoms with Crippen LogP contribution < -0.4 is 0 Å². The number of aliphatic hydroxyl groups is 1. The molecule has 0 aliphatic rings. The highest BCUT2D eigenvalue weighted by Crippen LogP contribution is 1.99. The Hall–Kier alpha value is -0.120. The molecule has 92 valence electrons. The summed E-state index contributed by atoms with van der Waals surface area (Å²) in [7, 11) is 4.25. The fraction of sp³-hybridized carbons (Fsp3) is 1.00. The van der Waals surface area contributed by atoms with Crippen molar-refractivity contribution in [3.05, 3.63) is 0 Å². The normalized spacial score (nSPS) is 11.6. The van der Waals surface area contributed by atoms with Gasteiger partial charge in [-0.2, -0.15) is 0 Å². The van der Waals surface area contributed by atoms with Gasteiger partial charge in [-0.1, -0.05) is 6.92 Å². The van der Waals surface area contributed by atoms with Gasteiger partial charge in [-0.25, -0.2) is 0 Å². The lowest BCUT2D eigenvalue weighted by Crippen LogP contribution is -2.28. The van der Waals surface area contributed by atoms with Crippen molar-refractivity contribution in [2.24, 2.45) is 0 Å². The third-order valence-corrected chi connectivity index (χ3v) is 2.66. The van der Waals surface area contributed by atoms with Crippen molar-refractivity contribution >= 4 is 0 Å². The van der Waals surface area contributed by atoms with Gasteiger partial charge >= 0.3 is 0 Å². The van der Waals surface area contributed by atoms with Crippen LogP contribution in [0.3, 0.4) is 0 Å². The molecule has 0 aliphatic heterocycles. The first-order valence-corrected chi connectivity index (χ1v) is 6.18. The van der Waals surface area contributed by atoms with Gasteiger partial charge in [0.15, 0.2) is 0 Å². The fourth-order valence-electron chi connectivity index (χ4n) is 1.66. The van der Waals surface area contributed by atoms with Gasteiger partial charge in [0.1, 0.15) is 0 Å². The Morgan fingerprint density at radius 2 is 1.53 bits per heavy atom. The third kappa shape index (κ3) is 10.2. The van der Waals surface area contributed by atoms with E-state index in [2.05, 4.69) is 30.8 Å². The molecule has 3 nitrogen and oxygen atoms in total. The number of nitrogens with zero attached hydrogens (tertiary/aromatic N) is 2. The van der Waals surface area contributed by atoms with Crippen molar-refractivity contribution in [3.8, 4) is 0 Å². The van der Waals surface area contributed by atoms with Crippen molar-refractivity contribution in [3.63, 3.8) is 0 Å². The van der Waals surface area contributed by atoms with E-state index >= 15 is 0 Å². The average Bonchev–Trinajstić information content (AvgIpc) is 2.21. The predicted octanol–water partition coefficient (Wildman–Crippen LogP) is 1.42. The molecule has 0 heterocycles. The van der Waals surface area contributed by atoms with Crippen LogP contribution in [0, 0.1) is 0 Å². The zero-order valence-corrected chi connectivity index (χ0v) is 10.7. The Balaban J connectivity index is 3.38. The largest absolute Gasteiger partial charge is 0.396 e. The minimum atomic E-state index is 0.340. The monoisotopic (exact) mass is 216 g/mol. The van der Waals surface area contributed by atoms with Gasteiger partial charge in [-0.3, -0.25) is 0 Å². The Bertz CT molecular complexity index is 129. The molecule has 1 N–H and O–H groups in total. The van der Waals surface area contributed by atoms with Crippen LogP contribution >= 0.6 is 0 Å². The van der Waals surface area contributed by atoms with E-state index in [1.807, 2.05) is 0 Å². The average molecular weight is 216 g/mol. The third-order valence-electron chi connectivity index (χ3n) is 2.66. The number of unbranched alkanes of at least 4 members (excludes halogenated alkanes) is 2. The van der Waals surface area contributed by atoms with Crippen LogP contribution in [0.5, 0.6) is 0 Å². The summed E-state index contributed by atoms with van der Waals surface area (Å²) in [6, 6.07) is 0. The molecule has 0 rings (SSSR count). The second-order valence-electron chi connectivity index (χ2n) is 4.38. The highest BCUT2D eigenvalue weighted by molar-refractivity contribution is 4.57. The van der Waals surface area contributed by atoms with Crippen LogP contribution in [0.1, 0.15) is 32.6 Å². The van der Waals surface area contributed by atoms with E-state index in [0.29, 0.717) is 6.61 Å². The molecule has 0 aromatic rings. The Labute approximate surface area is 95.1 Å². The number of aliphatic hydroxyl groups excluding tert-OH is 1. The lowest BCUT2D eigenvalue weighted by molar-refractivity contribution is 0.249. The standard InChI is InChI=1S/C12H28N2O/c1-4-14(10-6-5-7-12-15)11-8-9-13(2)3/h15H,4-12H2,1-3H3. The van der Waals surface area contributed by atoms with Gasteiger partial charge < -0.3 is 14.9 Å². The van der Waals surface area contributed by atoms with Gasteiger partial charge in [0.25, 0.3) is 0 Å². The van der Waals surface area contributed by atoms with E-state index in [0.717, 1.165) is 19.4 Å². The zero-order chi connectivity index (χ0) is 11.5. The lowest BCUT2D eigenvalue weighted by Gasteiger charge is -2.21. The van der Waals surface area contributed by atoms with Gasteiger partial charge in [-0.15, -0.1) is 0 Å². The van der Waals surface area contributed by atoms with Gasteiger partial charge in [-0.05, 0) is 66.0 Å². The van der Waals surface area contributed by atoms with E-state index in [1.54, 1.807) is 0 Å². The number of hydrogen-bond acceptors (Lipinski definition) is 3. The van der Waals surface area contributed by atoms with E-state index in [1.165, 1.54) is 32.5 Å². The second-order valence-corrected chi connectivity index (χ2v) is 4.38. The molecule has 0 aromatic heterocycles. The maximum atomic E-state index is 8.67. The molecule has 0 aromatic carbocycles. The van der Waals surface area contributed by atoms with Crippen LogP contribution in [-0.4, -0.2) is 61.8 Å². The first-order chi connectivity index (χ1) is 7.20. The minimum Gasteiger partial charge on any atom is -0.396 e. The molecule has 0 unspecified atom stereocenters. The molecule has 0 saturated carbocycles. The number of rotatable bonds is 10. The molecule has 0 aliphatic carbocycles. The quantitative estimate of drug-likeness (QED) is 0.560. The highest BCUT2D eigenvalue weighted by atomic mass is 16.2. The summed E-state index contributed by atoms with van der Waals surface area (Å²) in [6.07, 6.45) is 4.58. The summed E-state index contributed by atoms with van der Waals surface area (Å²) >= 11 is 0. The zero-order valence-electron chi connectivity index (χ0n) is 10.7. The van der Waals surface area contributed by atoms with Gasteiger partial charge in [0.05, 0.1) is 0 Å². The lowest BCUT2D eigenvalue weighted by atomic mass is 10.2. The van der Waals surface area contributed by atoms with Crippen LogP contribution in [0.4, 0.5) is 0 Å². The molecule has 0 amide bonds. The van der Waals surface area contributed by atoms with Crippen molar-refractivity contribution in [1.82, 2.24) is 9.80 Å². The molecule has 0 radical (unpaired) electrons. The van der Waals surface area contributed by atoms with Crippen LogP contribution in [0.25, 0.3) is 0 Å². The summed E-state index contributed by atoms with van der Waals surface area (Å²) in [6.45, 7) is 7.27. The molecule has 0 spiro atoms. The first-order valence-electron chi connectivity index (χ1n) is 6.18. The summed E-state index contributed by atoms with van der Waals surface area (Å²) in [5.41, 5.74) is 0. The Kier molecular flexibility index (Phi) is 10.3. The SMILES string of the molecule is CCN(CCCCCO)CCCN(C)C. The maximum absolute atomic E-state index is 8.67. The summed E-state index contributed by atoms with van der Waals surface area (Å²) in [5.74, 6) is 0. The van der Waals surface area contributed by atoms with Crippen LogP contribution in [-0.2, 0) is 0 Å². The van der Waals surface area contributed by atoms with E-state index < -0.39 is 0 Å². The molecule has 0 saturated heterocycles. The highest BCUT2D eigenvalue weighted by Gasteiger charge is 2.01. The maximum Gasteiger partial charge on any atom is 0.0431 e. The Morgan fingerprint density at radius 1 is 0.867 bits per heavy atom. The molecule has 0 atom stereocenters. The molecular weight excluding hydrogens is 188 g/mol. The molecular formula is C12H28N2O. The van der Waals surface area contributed by atoms with Crippen molar-refractivity contribution in [2.75, 3.05) is 46.9 Å². The molecule has 3 heteroatoms. The van der Waals surface area contributed by atoms with Crippen molar-refractivity contribution in [1.29, 1.82) is 0 Å². The molecule has 0 fully saturated rings. The summed E-state index contributed by atoms with van der Waals surface area (Å²) in [5, 5.41) is 8.67.